The highest BCUT2D eigenvalue weighted by molar-refractivity contribution is 5.54. The number of nitrogens with zero attached hydrogens (tertiary/aromatic N) is 3. The van der Waals surface area contributed by atoms with Gasteiger partial charge in [-0.25, -0.2) is 4.98 Å². The minimum absolute atomic E-state index is 0.0466. The molecule has 1 aliphatic heterocycles. The lowest BCUT2D eigenvalue weighted by Gasteiger charge is -2.27. The summed E-state index contributed by atoms with van der Waals surface area (Å²) >= 11 is 0. The van der Waals surface area contributed by atoms with E-state index in [9.17, 15) is 4.79 Å². The van der Waals surface area contributed by atoms with Crippen molar-refractivity contribution in [1.82, 2.24) is 19.9 Å². The summed E-state index contributed by atoms with van der Waals surface area (Å²) in [5.41, 5.74) is 3.61. The van der Waals surface area contributed by atoms with Gasteiger partial charge in [0.25, 0.3) is 5.56 Å². The van der Waals surface area contributed by atoms with Crippen LogP contribution in [0.1, 0.15) is 16.8 Å². The number of H-pyrrole nitrogens is 1. The number of hydrogen-bond acceptors (Lipinski definition) is 5. The van der Waals surface area contributed by atoms with Gasteiger partial charge in [0.1, 0.15) is 17.3 Å². The Balaban J connectivity index is 1.34. The second-order valence-corrected chi connectivity index (χ2v) is 7.60. The van der Waals surface area contributed by atoms with Crippen LogP contribution in [0, 0.1) is 0 Å². The Labute approximate surface area is 180 Å². The fourth-order valence-corrected chi connectivity index (χ4v) is 3.87. The quantitative estimate of drug-likeness (QED) is 0.534. The molecular formula is C25H22N4O2. The van der Waals surface area contributed by atoms with E-state index in [1.807, 2.05) is 54.6 Å². The normalized spacial score (nSPS) is 13.5. The Hall–Kier alpha value is -3.77. The molecule has 1 aliphatic rings. The van der Waals surface area contributed by atoms with E-state index in [4.69, 9.17) is 9.72 Å². The molecule has 2 aromatic heterocycles. The molecule has 0 unspecified atom stereocenters. The van der Waals surface area contributed by atoms with Gasteiger partial charge in [-0.1, -0.05) is 30.3 Å². The maximum atomic E-state index is 12.6. The molecular weight excluding hydrogens is 388 g/mol. The number of fused-ring (bicyclic) bond motifs is 1. The maximum Gasteiger partial charge on any atom is 0.254 e. The van der Waals surface area contributed by atoms with Crippen LogP contribution < -0.4 is 10.3 Å². The molecule has 6 heteroatoms. The molecule has 0 fully saturated rings. The van der Waals surface area contributed by atoms with Crippen LogP contribution in [-0.4, -0.2) is 26.4 Å². The van der Waals surface area contributed by atoms with E-state index in [0.29, 0.717) is 18.8 Å². The molecule has 154 valence electrons. The van der Waals surface area contributed by atoms with Gasteiger partial charge in [0, 0.05) is 43.2 Å². The van der Waals surface area contributed by atoms with Crippen molar-refractivity contribution in [2.24, 2.45) is 0 Å². The highest BCUT2D eigenvalue weighted by Gasteiger charge is 2.21. The fourth-order valence-electron chi connectivity index (χ4n) is 3.87. The molecule has 2 aromatic carbocycles. The summed E-state index contributed by atoms with van der Waals surface area (Å²) in [5.74, 6) is 2.22. The van der Waals surface area contributed by atoms with Crippen LogP contribution >= 0.6 is 0 Å². The molecule has 0 aliphatic carbocycles. The first kappa shape index (κ1) is 19.2. The van der Waals surface area contributed by atoms with Crippen LogP contribution in [0.5, 0.6) is 11.5 Å². The second kappa shape index (κ2) is 8.53. The average Bonchev–Trinajstić information content (AvgIpc) is 2.80. The maximum absolute atomic E-state index is 12.6. The predicted octanol–water partition coefficient (Wildman–Crippen LogP) is 4.18. The van der Waals surface area contributed by atoms with Crippen molar-refractivity contribution in [3.8, 4) is 22.9 Å². The molecule has 3 heterocycles. The van der Waals surface area contributed by atoms with Crippen LogP contribution in [0.2, 0.25) is 0 Å². The first-order valence-corrected chi connectivity index (χ1v) is 10.3. The number of pyridine rings is 1. The van der Waals surface area contributed by atoms with Gasteiger partial charge in [-0.05, 0) is 48.4 Å². The van der Waals surface area contributed by atoms with E-state index < -0.39 is 0 Å². The van der Waals surface area contributed by atoms with Crippen LogP contribution in [0.4, 0.5) is 0 Å². The van der Waals surface area contributed by atoms with E-state index in [0.717, 1.165) is 47.0 Å². The Kier molecular flexibility index (Phi) is 5.29. The van der Waals surface area contributed by atoms with Crippen LogP contribution in [0.15, 0.2) is 83.9 Å². The van der Waals surface area contributed by atoms with Gasteiger partial charge in [-0.15, -0.1) is 0 Å². The molecule has 1 N–H and O–H groups in total. The topological polar surface area (TPSA) is 71.1 Å². The van der Waals surface area contributed by atoms with Gasteiger partial charge >= 0.3 is 0 Å². The largest absolute Gasteiger partial charge is 0.457 e. The smallest absolute Gasteiger partial charge is 0.254 e. The third kappa shape index (κ3) is 4.39. The SMILES string of the molecule is O=c1[nH]c(-c2ccncc2)nc2c1CCN(Cc1cccc(Oc3ccccc3)c1)C2. The summed E-state index contributed by atoms with van der Waals surface area (Å²) in [6, 6.07) is 21.6. The molecule has 5 rings (SSSR count). The van der Waals surface area contributed by atoms with Crippen LogP contribution in [-0.2, 0) is 19.5 Å². The lowest BCUT2D eigenvalue weighted by Crippen LogP contribution is -2.35. The summed E-state index contributed by atoms with van der Waals surface area (Å²) in [6.07, 6.45) is 4.09. The molecule has 0 atom stereocenters. The highest BCUT2D eigenvalue weighted by atomic mass is 16.5. The molecule has 0 amide bonds. The number of rotatable bonds is 5. The summed E-state index contributed by atoms with van der Waals surface area (Å²) in [7, 11) is 0. The monoisotopic (exact) mass is 410 g/mol. The first-order chi connectivity index (χ1) is 15.2. The van der Waals surface area contributed by atoms with Gasteiger partial charge in [0.2, 0.25) is 0 Å². The van der Waals surface area contributed by atoms with Crippen molar-refractivity contribution in [2.75, 3.05) is 6.54 Å². The van der Waals surface area contributed by atoms with Crippen molar-refractivity contribution in [3.05, 3.63) is 106 Å². The molecule has 0 saturated carbocycles. The first-order valence-electron chi connectivity index (χ1n) is 10.3. The van der Waals surface area contributed by atoms with Crippen molar-refractivity contribution in [2.45, 2.75) is 19.5 Å². The molecule has 0 spiro atoms. The number of hydrogen-bond donors (Lipinski definition) is 1. The van der Waals surface area contributed by atoms with Crippen LogP contribution in [0.3, 0.4) is 0 Å². The number of para-hydroxylation sites is 1. The van der Waals surface area contributed by atoms with Gasteiger partial charge < -0.3 is 9.72 Å². The zero-order chi connectivity index (χ0) is 21.0. The minimum Gasteiger partial charge on any atom is -0.457 e. The summed E-state index contributed by atoms with van der Waals surface area (Å²) < 4.78 is 5.96. The average molecular weight is 410 g/mol. The highest BCUT2D eigenvalue weighted by Crippen LogP contribution is 2.24. The van der Waals surface area contributed by atoms with E-state index in [-0.39, 0.29) is 5.56 Å². The predicted molar refractivity (Wildman–Crippen MR) is 119 cm³/mol. The number of aromatic amines is 1. The van der Waals surface area contributed by atoms with Crippen molar-refractivity contribution in [1.29, 1.82) is 0 Å². The molecule has 6 nitrogen and oxygen atoms in total. The van der Waals surface area contributed by atoms with Gasteiger partial charge in [0.05, 0.1) is 5.69 Å². The van der Waals surface area contributed by atoms with Crippen LogP contribution in [0.25, 0.3) is 11.4 Å². The number of ether oxygens (including phenoxy) is 1. The zero-order valence-electron chi connectivity index (χ0n) is 17.0. The van der Waals surface area contributed by atoms with E-state index in [2.05, 4.69) is 27.0 Å². The Morgan fingerprint density at radius 3 is 2.61 bits per heavy atom. The lowest BCUT2D eigenvalue weighted by molar-refractivity contribution is 0.240. The minimum atomic E-state index is -0.0466. The van der Waals surface area contributed by atoms with Crippen molar-refractivity contribution >= 4 is 0 Å². The van der Waals surface area contributed by atoms with Gasteiger partial charge in [-0.2, -0.15) is 0 Å². The molecule has 0 radical (unpaired) electrons. The Bertz CT molecular complexity index is 1240. The summed E-state index contributed by atoms with van der Waals surface area (Å²) in [5, 5.41) is 0. The number of benzene rings is 2. The third-order valence-electron chi connectivity index (χ3n) is 5.39. The molecule has 0 saturated heterocycles. The molecule has 31 heavy (non-hydrogen) atoms. The Morgan fingerprint density at radius 1 is 0.968 bits per heavy atom. The molecule has 0 bridgehead atoms. The third-order valence-corrected chi connectivity index (χ3v) is 5.39. The van der Waals surface area contributed by atoms with Crippen molar-refractivity contribution in [3.63, 3.8) is 0 Å². The van der Waals surface area contributed by atoms with E-state index in [1.54, 1.807) is 12.4 Å². The number of nitrogens with one attached hydrogen (secondary N) is 1. The van der Waals surface area contributed by atoms with Crippen molar-refractivity contribution < 1.29 is 4.74 Å². The lowest BCUT2D eigenvalue weighted by atomic mass is 10.0. The summed E-state index contributed by atoms with van der Waals surface area (Å²) in [6.45, 7) is 2.22. The zero-order valence-corrected chi connectivity index (χ0v) is 17.0. The standard InChI is InChI=1S/C25H22N4O2/c30-25-22-11-14-29(17-23(22)27-24(28-25)19-9-12-26-13-10-19)16-18-5-4-8-21(15-18)31-20-6-2-1-3-7-20/h1-10,12-13,15H,11,14,16-17H2,(H,27,28,30). The van der Waals surface area contributed by atoms with Gasteiger partial charge in [-0.3, -0.25) is 14.7 Å². The van der Waals surface area contributed by atoms with E-state index in [1.165, 1.54) is 0 Å². The molecule has 4 aromatic rings. The van der Waals surface area contributed by atoms with Gasteiger partial charge in [0.15, 0.2) is 0 Å². The number of aromatic nitrogens is 3. The van der Waals surface area contributed by atoms with E-state index >= 15 is 0 Å². The Morgan fingerprint density at radius 2 is 1.77 bits per heavy atom. The fraction of sp³-hybridized carbons (Fsp3) is 0.160. The second-order valence-electron chi connectivity index (χ2n) is 7.60. The summed E-state index contributed by atoms with van der Waals surface area (Å²) in [4.78, 5) is 26.6.